The number of nitrogen functional groups attached to an aromatic ring is 1. The van der Waals surface area contributed by atoms with Crippen LogP contribution in [-0.2, 0) is 4.79 Å². The molecule has 1 aromatic rings. The highest BCUT2D eigenvalue weighted by molar-refractivity contribution is 5.80. The molecule has 104 valence electrons. The summed E-state index contributed by atoms with van der Waals surface area (Å²) in [5.74, 6) is 1.11. The van der Waals surface area contributed by atoms with Crippen LogP contribution < -0.4 is 21.1 Å². The van der Waals surface area contributed by atoms with Crippen LogP contribution in [0.1, 0.15) is 19.8 Å². The van der Waals surface area contributed by atoms with Crippen molar-refractivity contribution in [2.24, 2.45) is 5.92 Å². The third kappa shape index (κ3) is 3.77. The molecule has 0 saturated heterocycles. The van der Waals surface area contributed by atoms with E-state index in [-0.39, 0.29) is 11.8 Å². The largest absolute Gasteiger partial charge is 0.492 e. The third-order valence-electron chi connectivity index (χ3n) is 3.05. The Bertz CT molecular complexity index is 444. The molecule has 1 amide bonds. The van der Waals surface area contributed by atoms with Crippen molar-refractivity contribution in [2.75, 3.05) is 30.7 Å². The minimum absolute atomic E-state index is 0.165. The molecule has 5 heteroatoms. The molecule has 1 aliphatic carbocycles. The summed E-state index contributed by atoms with van der Waals surface area (Å²) in [6.07, 6.45) is 2.06. The molecule has 0 atom stereocenters. The van der Waals surface area contributed by atoms with Gasteiger partial charge in [0.15, 0.2) is 0 Å². The predicted molar refractivity (Wildman–Crippen MR) is 76.2 cm³/mol. The Morgan fingerprint density at radius 3 is 2.89 bits per heavy atom. The van der Waals surface area contributed by atoms with Gasteiger partial charge >= 0.3 is 0 Å². The third-order valence-corrected chi connectivity index (χ3v) is 3.05. The van der Waals surface area contributed by atoms with E-state index in [0.29, 0.717) is 31.1 Å². The fourth-order valence-corrected chi connectivity index (χ4v) is 1.85. The monoisotopic (exact) mass is 263 g/mol. The predicted octanol–water partition coefficient (Wildman–Crippen LogP) is 1.61. The van der Waals surface area contributed by atoms with E-state index in [1.165, 1.54) is 0 Å². The van der Waals surface area contributed by atoms with E-state index in [9.17, 15) is 4.79 Å². The summed E-state index contributed by atoms with van der Waals surface area (Å²) < 4.78 is 5.43. The van der Waals surface area contributed by atoms with Crippen LogP contribution in [0.5, 0.6) is 5.75 Å². The van der Waals surface area contributed by atoms with Crippen molar-refractivity contribution in [3.8, 4) is 5.75 Å². The second kappa shape index (κ2) is 6.31. The molecule has 0 spiro atoms. The van der Waals surface area contributed by atoms with Crippen molar-refractivity contribution in [1.29, 1.82) is 0 Å². The topological polar surface area (TPSA) is 76.4 Å². The van der Waals surface area contributed by atoms with Crippen molar-refractivity contribution in [2.45, 2.75) is 19.8 Å². The van der Waals surface area contributed by atoms with E-state index in [2.05, 4.69) is 10.6 Å². The lowest BCUT2D eigenvalue weighted by Crippen LogP contribution is -2.29. The summed E-state index contributed by atoms with van der Waals surface area (Å²) in [5, 5.41) is 6.11. The van der Waals surface area contributed by atoms with Gasteiger partial charge in [0.05, 0.1) is 18.0 Å². The molecule has 0 bridgehead atoms. The first kappa shape index (κ1) is 13.5. The first-order valence-electron chi connectivity index (χ1n) is 6.75. The second-order valence-corrected chi connectivity index (χ2v) is 4.64. The van der Waals surface area contributed by atoms with Crippen LogP contribution in [0.3, 0.4) is 0 Å². The zero-order valence-corrected chi connectivity index (χ0v) is 11.2. The molecule has 0 aliphatic heterocycles. The molecule has 0 aromatic heterocycles. The number of hydrogen-bond donors (Lipinski definition) is 3. The Morgan fingerprint density at radius 2 is 2.21 bits per heavy atom. The molecular formula is C14H21N3O2. The minimum atomic E-state index is 0.165. The summed E-state index contributed by atoms with van der Waals surface area (Å²) in [5.41, 5.74) is 7.44. The van der Waals surface area contributed by atoms with Crippen molar-refractivity contribution in [3.05, 3.63) is 18.2 Å². The Morgan fingerprint density at radius 1 is 1.42 bits per heavy atom. The number of hydrogen-bond acceptors (Lipinski definition) is 4. The lowest BCUT2D eigenvalue weighted by Gasteiger charge is -2.13. The fraction of sp³-hybridized carbons (Fsp3) is 0.500. The van der Waals surface area contributed by atoms with Gasteiger partial charge in [-0.05, 0) is 31.9 Å². The van der Waals surface area contributed by atoms with Gasteiger partial charge in [0.25, 0.3) is 0 Å². The zero-order chi connectivity index (χ0) is 13.7. The lowest BCUT2D eigenvalue weighted by molar-refractivity contribution is -0.122. The van der Waals surface area contributed by atoms with E-state index in [4.69, 9.17) is 10.5 Å². The van der Waals surface area contributed by atoms with Gasteiger partial charge < -0.3 is 21.1 Å². The van der Waals surface area contributed by atoms with Gasteiger partial charge in [0.1, 0.15) is 5.75 Å². The lowest BCUT2D eigenvalue weighted by atomic mass is 10.2. The smallest absolute Gasteiger partial charge is 0.223 e. The van der Waals surface area contributed by atoms with E-state index >= 15 is 0 Å². The number of nitrogens with one attached hydrogen (secondary N) is 2. The summed E-state index contributed by atoms with van der Waals surface area (Å²) in [6.45, 7) is 3.77. The number of anilines is 2. The van der Waals surface area contributed by atoms with E-state index < -0.39 is 0 Å². The number of rotatable bonds is 7. The molecule has 1 aromatic carbocycles. The van der Waals surface area contributed by atoms with Gasteiger partial charge in [-0.2, -0.15) is 0 Å². The average molecular weight is 263 g/mol. The molecular weight excluding hydrogens is 242 g/mol. The van der Waals surface area contributed by atoms with Crippen LogP contribution in [0.4, 0.5) is 11.4 Å². The maximum absolute atomic E-state index is 11.4. The molecule has 5 nitrogen and oxygen atoms in total. The van der Waals surface area contributed by atoms with E-state index in [1.54, 1.807) is 0 Å². The highest BCUT2D eigenvalue weighted by atomic mass is 16.5. The number of benzene rings is 1. The van der Waals surface area contributed by atoms with Crippen LogP contribution in [0, 0.1) is 5.92 Å². The summed E-state index contributed by atoms with van der Waals surface area (Å²) in [6, 6.07) is 5.64. The molecule has 0 radical (unpaired) electrons. The molecule has 1 fully saturated rings. The maximum atomic E-state index is 11.4. The summed E-state index contributed by atoms with van der Waals surface area (Å²) in [7, 11) is 0. The zero-order valence-electron chi connectivity index (χ0n) is 11.2. The molecule has 1 aliphatic rings. The molecule has 0 heterocycles. The van der Waals surface area contributed by atoms with Gasteiger partial charge in [0, 0.05) is 19.0 Å². The van der Waals surface area contributed by atoms with Gasteiger partial charge in [-0.3, -0.25) is 4.79 Å². The van der Waals surface area contributed by atoms with E-state index in [0.717, 1.165) is 18.5 Å². The van der Waals surface area contributed by atoms with E-state index in [1.807, 2.05) is 25.1 Å². The first-order chi connectivity index (χ1) is 9.22. The van der Waals surface area contributed by atoms with Crippen LogP contribution in [0.2, 0.25) is 0 Å². The maximum Gasteiger partial charge on any atom is 0.223 e. The average Bonchev–Trinajstić information content (AvgIpc) is 3.23. The SMILES string of the molecule is CCOc1cccc(NCCNC(=O)C2CC2)c1N. The quantitative estimate of drug-likeness (QED) is 0.516. The minimum Gasteiger partial charge on any atom is -0.492 e. The molecule has 19 heavy (non-hydrogen) atoms. The van der Waals surface area contributed by atoms with Gasteiger partial charge in [0.2, 0.25) is 5.91 Å². The van der Waals surface area contributed by atoms with Gasteiger partial charge in [-0.1, -0.05) is 6.07 Å². The fourth-order valence-electron chi connectivity index (χ4n) is 1.85. The Labute approximate surface area is 113 Å². The number of amides is 1. The first-order valence-corrected chi connectivity index (χ1v) is 6.75. The summed E-state index contributed by atoms with van der Waals surface area (Å²) >= 11 is 0. The van der Waals surface area contributed by atoms with Crippen LogP contribution in [-0.4, -0.2) is 25.6 Å². The second-order valence-electron chi connectivity index (χ2n) is 4.64. The highest BCUT2D eigenvalue weighted by Gasteiger charge is 2.28. The molecule has 2 rings (SSSR count). The van der Waals surface area contributed by atoms with Gasteiger partial charge in [-0.25, -0.2) is 0 Å². The standard InChI is InChI=1S/C14H21N3O2/c1-2-19-12-5-3-4-11(13(12)15)16-8-9-17-14(18)10-6-7-10/h3-5,10,16H,2,6-9,15H2,1H3,(H,17,18). The van der Waals surface area contributed by atoms with Crippen LogP contribution in [0.25, 0.3) is 0 Å². The van der Waals surface area contributed by atoms with Crippen LogP contribution >= 0.6 is 0 Å². The number of para-hydroxylation sites is 1. The summed E-state index contributed by atoms with van der Waals surface area (Å²) in [4.78, 5) is 11.4. The van der Waals surface area contributed by atoms with Gasteiger partial charge in [-0.15, -0.1) is 0 Å². The number of nitrogens with two attached hydrogens (primary N) is 1. The van der Waals surface area contributed by atoms with Crippen LogP contribution in [0.15, 0.2) is 18.2 Å². The Kier molecular flexibility index (Phi) is 4.49. The van der Waals surface area contributed by atoms with Crippen molar-refractivity contribution in [3.63, 3.8) is 0 Å². The van der Waals surface area contributed by atoms with Crippen molar-refractivity contribution < 1.29 is 9.53 Å². The van der Waals surface area contributed by atoms with Crippen molar-refractivity contribution >= 4 is 17.3 Å². The molecule has 4 N–H and O–H groups in total. The number of ether oxygens (including phenoxy) is 1. The van der Waals surface area contributed by atoms with Crippen molar-refractivity contribution in [1.82, 2.24) is 5.32 Å². The molecule has 1 saturated carbocycles. The molecule has 0 unspecified atom stereocenters. The Balaban J connectivity index is 1.78. The Hall–Kier alpha value is -1.91. The highest BCUT2D eigenvalue weighted by Crippen LogP contribution is 2.29. The number of carbonyl (C=O) groups excluding carboxylic acids is 1. The normalized spacial score (nSPS) is 13.9. The number of carbonyl (C=O) groups is 1.